The fourth-order valence-electron chi connectivity index (χ4n) is 4.80. The van der Waals surface area contributed by atoms with Gasteiger partial charge in [0.2, 0.25) is 0 Å². The highest BCUT2D eigenvalue weighted by molar-refractivity contribution is 5.92. The first-order chi connectivity index (χ1) is 16.1. The molecule has 0 N–H and O–H groups in total. The number of fused-ring (bicyclic) bond motifs is 1. The van der Waals surface area contributed by atoms with Gasteiger partial charge in [-0.05, 0) is 50.3 Å². The highest BCUT2D eigenvalue weighted by Crippen LogP contribution is 2.32. The summed E-state index contributed by atoms with van der Waals surface area (Å²) in [7, 11) is 0. The van der Waals surface area contributed by atoms with Crippen molar-refractivity contribution < 1.29 is 9.18 Å². The Balaban J connectivity index is 1.39. The van der Waals surface area contributed by atoms with Crippen LogP contribution in [0.3, 0.4) is 0 Å². The van der Waals surface area contributed by atoms with Crippen molar-refractivity contribution >= 4 is 11.7 Å². The van der Waals surface area contributed by atoms with Crippen molar-refractivity contribution in [3.8, 4) is 0 Å². The third kappa shape index (κ3) is 4.55. The maximum atomic E-state index is 13.3. The number of hydrogen-bond donors (Lipinski definition) is 0. The molecule has 1 fully saturated rings. The largest absolute Gasteiger partial charge is 0.352 e. The van der Waals surface area contributed by atoms with Gasteiger partial charge in [-0.2, -0.15) is 0 Å². The van der Waals surface area contributed by atoms with E-state index in [0.717, 1.165) is 55.1 Å². The first-order valence-electron chi connectivity index (χ1n) is 11.5. The molecule has 0 radical (unpaired) electrons. The van der Waals surface area contributed by atoms with Crippen molar-refractivity contribution in [3.63, 3.8) is 0 Å². The Kier molecular flexibility index (Phi) is 5.98. The van der Waals surface area contributed by atoms with E-state index in [2.05, 4.69) is 21.8 Å². The molecule has 0 aliphatic carbocycles. The minimum absolute atomic E-state index is 0.0815. The number of carbonyl (C=O) groups is 1. The number of rotatable bonds is 4. The van der Waals surface area contributed by atoms with Gasteiger partial charge >= 0.3 is 0 Å². The quantitative estimate of drug-likeness (QED) is 0.609. The third-order valence-electron chi connectivity index (χ3n) is 6.51. The number of carbonyl (C=O) groups excluding carboxylic acids is 1. The number of likely N-dealkylation sites (tertiary alicyclic amines) is 1. The number of aryl methyl sites for hydroxylation is 1. The van der Waals surface area contributed by atoms with E-state index in [4.69, 9.17) is 9.97 Å². The summed E-state index contributed by atoms with van der Waals surface area (Å²) in [5.41, 5.74) is 3.62. The van der Waals surface area contributed by atoms with Gasteiger partial charge in [-0.15, -0.1) is 0 Å². The van der Waals surface area contributed by atoms with Gasteiger partial charge in [0.25, 0.3) is 5.91 Å². The zero-order valence-electron chi connectivity index (χ0n) is 18.7. The number of piperidine rings is 1. The molecule has 33 heavy (non-hydrogen) atoms. The SMILES string of the molecule is Cc1nc([C@@H]2CCCN(C(=O)c3cnccn3)C2)nc2c1CCCN2Cc1ccc(F)cc1. The van der Waals surface area contributed by atoms with E-state index in [0.29, 0.717) is 25.3 Å². The van der Waals surface area contributed by atoms with E-state index in [1.165, 1.54) is 23.9 Å². The summed E-state index contributed by atoms with van der Waals surface area (Å²) in [6, 6.07) is 6.66. The van der Waals surface area contributed by atoms with Crippen LogP contribution in [0.25, 0.3) is 0 Å². The smallest absolute Gasteiger partial charge is 0.274 e. The minimum atomic E-state index is -0.226. The number of anilines is 1. The lowest BCUT2D eigenvalue weighted by Crippen LogP contribution is -2.40. The van der Waals surface area contributed by atoms with Gasteiger partial charge in [-0.3, -0.25) is 9.78 Å². The molecule has 0 saturated carbocycles. The van der Waals surface area contributed by atoms with E-state index >= 15 is 0 Å². The second-order valence-corrected chi connectivity index (χ2v) is 8.80. The van der Waals surface area contributed by atoms with Crippen molar-refractivity contribution in [2.45, 2.75) is 45.1 Å². The fraction of sp³-hybridized carbons (Fsp3) is 0.400. The molecule has 5 rings (SSSR count). The summed E-state index contributed by atoms with van der Waals surface area (Å²) in [5.74, 6) is 1.54. The molecule has 2 aliphatic rings. The molecule has 0 bridgehead atoms. The molecule has 1 atom stereocenters. The average molecular weight is 447 g/mol. The molecule has 0 unspecified atom stereocenters. The van der Waals surface area contributed by atoms with Crippen molar-refractivity contribution in [2.75, 3.05) is 24.5 Å². The van der Waals surface area contributed by atoms with Gasteiger partial charge in [-0.1, -0.05) is 12.1 Å². The van der Waals surface area contributed by atoms with Gasteiger partial charge in [0.05, 0.1) is 6.20 Å². The number of benzene rings is 1. The normalized spacial score (nSPS) is 18.2. The summed E-state index contributed by atoms with van der Waals surface area (Å²) < 4.78 is 13.3. The molecule has 1 aromatic carbocycles. The van der Waals surface area contributed by atoms with E-state index in [1.54, 1.807) is 12.4 Å². The van der Waals surface area contributed by atoms with E-state index < -0.39 is 0 Å². The molecule has 1 saturated heterocycles. The molecule has 0 spiro atoms. The zero-order chi connectivity index (χ0) is 22.8. The zero-order valence-corrected chi connectivity index (χ0v) is 18.7. The maximum absolute atomic E-state index is 13.3. The number of aromatic nitrogens is 4. The molecule has 1 amide bonds. The standard InChI is InChI=1S/C25H27FN6O/c1-17-21-5-3-12-31(15-18-6-8-20(26)9-7-18)24(21)30-23(29-17)19-4-2-13-32(16-19)25(33)22-14-27-10-11-28-22/h6-11,14,19H,2-5,12-13,15-16H2,1H3/t19-/m1/s1. The van der Waals surface area contributed by atoms with Crippen LogP contribution in [0, 0.1) is 12.7 Å². The number of nitrogens with zero attached hydrogens (tertiary/aromatic N) is 6. The Hall–Kier alpha value is -3.42. The van der Waals surface area contributed by atoms with Crippen LogP contribution >= 0.6 is 0 Å². The Morgan fingerprint density at radius 2 is 1.97 bits per heavy atom. The van der Waals surface area contributed by atoms with Crippen LogP contribution in [0.4, 0.5) is 10.2 Å². The predicted octanol–water partition coefficient (Wildman–Crippen LogP) is 3.69. The van der Waals surface area contributed by atoms with Crippen LogP contribution < -0.4 is 4.90 Å². The lowest BCUT2D eigenvalue weighted by atomic mass is 9.95. The molecule has 3 aromatic rings. The van der Waals surface area contributed by atoms with Gasteiger partial charge in [0.15, 0.2) is 0 Å². The van der Waals surface area contributed by atoms with Gasteiger partial charge in [-0.25, -0.2) is 19.3 Å². The van der Waals surface area contributed by atoms with E-state index in [9.17, 15) is 9.18 Å². The third-order valence-corrected chi connectivity index (χ3v) is 6.51. The molecule has 4 heterocycles. The highest BCUT2D eigenvalue weighted by Gasteiger charge is 2.30. The van der Waals surface area contributed by atoms with Crippen LogP contribution in [0.15, 0.2) is 42.9 Å². The first kappa shape index (κ1) is 21.4. The number of hydrogen-bond acceptors (Lipinski definition) is 6. The molecule has 7 nitrogen and oxygen atoms in total. The fourth-order valence-corrected chi connectivity index (χ4v) is 4.80. The Morgan fingerprint density at radius 3 is 2.76 bits per heavy atom. The summed E-state index contributed by atoms with van der Waals surface area (Å²) in [6.45, 7) is 4.92. The topological polar surface area (TPSA) is 75.1 Å². The monoisotopic (exact) mass is 446 g/mol. The molecular weight excluding hydrogens is 419 g/mol. The van der Waals surface area contributed by atoms with Gasteiger partial charge in [0.1, 0.15) is 23.2 Å². The second-order valence-electron chi connectivity index (χ2n) is 8.80. The van der Waals surface area contributed by atoms with E-state index in [1.807, 2.05) is 17.0 Å². The van der Waals surface area contributed by atoms with Crippen LogP contribution in [-0.2, 0) is 13.0 Å². The first-order valence-corrected chi connectivity index (χ1v) is 11.5. The lowest BCUT2D eigenvalue weighted by molar-refractivity contribution is 0.0698. The van der Waals surface area contributed by atoms with Crippen LogP contribution in [0.2, 0.25) is 0 Å². The summed E-state index contributed by atoms with van der Waals surface area (Å²) in [4.78, 5) is 35.1. The molecular formula is C25H27FN6O. The van der Waals surface area contributed by atoms with Crippen molar-refractivity contribution in [2.24, 2.45) is 0 Å². The van der Waals surface area contributed by atoms with Crippen molar-refractivity contribution in [1.29, 1.82) is 0 Å². The average Bonchev–Trinajstić information content (AvgIpc) is 2.86. The molecule has 2 aliphatic heterocycles. The van der Waals surface area contributed by atoms with Crippen LogP contribution in [-0.4, -0.2) is 50.4 Å². The van der Waals surface area contributed by atoms with Crippen molar-refractivity contribution in [1.82, 2.24) is 24.8 Å². The number of amides is 1. The molecule has 170 valence electrons. The Labute approximate surface area is 192 Å². The highest BCUT2D eigenvalue weighted by atomic mass is 19.1. The van der Waals surface area contributed by atoms with Crippen LogP contribution in [0.1, 0.15) is 58.3 Å². The summed E-state index contributed by atoms with van der Waals surface area (Å²) in [5, 5.41) is 0. The molecule has 8 heteroatoms. The van der Waals surface area contributed by atoms with Gasteiger partial charge < -0.3 is 9.80 Å². The molecule has 2 aromatic heterocycles. The maximum Gasteiger partial charge on any atom is 0.274 e. The Bertz CT molecular complexity index is 1140. The lowest BCUT2D eigenvalue weighted by Gasteiger charge is -2.34. The predicted molar refractivity (Wildman–Crippen MR) is 122 cm³/mol. The number of halogens is 1. The minimum Gasteiger partial charge on any atom is -0.352 e. The van der Waals surface area contributed by atoms with Crippen molar-refractivity contribution in [3.05, 3.63) is 77.0 Å². The summed E-state index contributed by atoms with van der Waals surface area (Å²) in [6.07, 6.45) is 8.47. The summed E-state index contributed by atoms with van der Waals surface area (Å²) >= 11 is 0. The Morgan fingerprint density at radius 1 is 1.12 bits per heavy atom. The van der Waals surface area contributed by atoms with Crippen LogP contribution in [0.5, 0.6) is 0 Å². The van der Waals surface area contributed by atoms with E-state index in [-0.39, 0.29) is 17.6 Å². The van der Waals surface area contributed by atoms with Gasteiger partial charge in [0, 0.05) is 55.7 Å². The second kappa shape index (κ2) is 9.21.